The quantitative estimate of drug-likeness (QED) is 0.656. The number of carbonyl (C=O) groups excluding carboxylic acids is 2. The molecule has 0 saturated heterocycles. The Morgan fingerprint density at radius 3 is 2.45 bits per heavy atom. The maximum absolute atomic E-state index is 13.0. The second kappa shape index (κ2) is 9.62. The van der Waals surface area contributed by atoms with Gasteiger partial charge in [0.1, 0.15) is 6.04 Å². The number of hydrogen-bond donors (Lipinski definition) is 2. The lowest BCUT2D eigenvalue weighted by Crippen LogP contribution is -2.49. The Kier molecular flexibility index (Phi) is 7.12. The molecule has 1 atom stereocenters. The fourth-order valence-electron chi connectivity index (χ4n) is 3.62. The summed E-state index contributed by atoms with van der Waals surface area (Å²) in [6.45, 7) is 6.27. The number of hydrogen-bond acceptors (Lipinski definition) is 4. The normalized spacial score (nSPS) is 14.4. The molecular weight excluding hydrogens is 414 g/mol. The summed E-state index contributed by atoms with van der Waals surface area (Å²) in [5, 5.41) is 2.81. The van der Waals surface area contributed by atoms with Crippen LogP contribution in [0.4, 0.5) is 5.69 Å². The third kappa shape index (κ3) is 5.32. The topological polar surface area (TPSA) is 95.6 Å². The summed E-state index contributed by atoms with van der Waals surface area (Å²) in [7, 11) is -3.91. The lowest BCUT2D eigenvalue weighted by atomic mass is 10.0. The number of amides is 2. The van der Waals surface area contributed by atoms with Gasteiger partial charge in [-0.25, -0.2) is 8.42 Å². The molecule has 0 aromatic heterocycles. The third-order valence-electron chi connectivity index (χ3n) is 5.40. The van der Waals surface area contributed by atoms with Gasteiger partial charge in [-0.2, -0.15) is 4.72 Å². The van der Waals surface area contributed by atoms with Crippen LogP contribution in [-0.2, 0) is 32.6 Å². The van der Waals surface area contributed by atoms with Crippen LogP contribution in [-0.4, -0.2) is 32.8 Å². The van der Waals surface area contributed by atoms with Crippen molar-refractivity contribution in [1.82, 2.24) is 10.0 Å². The first kappa shape index (κ1) is 23.0. The Labute approximate surface area is 183 Å². The number of benzene rings is 2. The maximum atomic E-state index is 13.0. The van der Waals surface area contributed by atoms with E-state index in [1.807, 2.05) is 30.3 Å². The Morgan fingerprint density at radius 1 is 1.10 bits per heavy atom. The van der Waals surface area contributed by atoms with E-state index in [0.29, 0.717) is 25.9 Å². The van der Waals surface area contributed by atoms with E-state index < -0.39 is 16.1 Å². The van der Waals surface area contributed by atoms with Crippen LogP contribution in [0.25, 0.3) is 0 Å². The summed E-state index contributed by atoms with van der Waals surface area (Å²) in [5.74, 6) is -0.594. The van der Waals surface area contributed by atoms with Crippen molar-refractivity contribution in [3.8, 4) is 0 Å². The summed E-state index contributed by atoms with van der Waals surface area (Å²) in [4.78, 5) is 26.6. The fourth-order valence-corrected chi connectivity index (χ4v) is 5.01. The van der Waals surface area contributed by atoms with Gasteiger partial charge in [0, 0.05) is 25.2 Å². The van der Waals surface area contributed by atoms with Crippen molar-refractivity contribution < 1.29 is 18.0 Å². The van der Waals surface area contributed by atoms with E-state index in [-0.39, 0.29) is 22.6 Å². The summed E-state index contributed by atoms with van der Waals surface area (Å²) in [5.41, 5.74) is 2.51. The van der Waals surface area contributed by atoms with Crippen molar-refractivity contribution in [2.24, 2.45) is 5.92 Å². The number of rotatable bonds is 8. The average molecular weight is 444 g/mol. The Balaban J connectivity index is 1.74. The first-order chi connectivity index (χ1) is 14.7. The number of sulfonamides is 1. The molecule has 2 aromatic carbocycles. The molecule has 0 saturated carbocycles. The summed E-state index contributed by atoms with van der Waals surface area (Å²) < 4.78 is 28.6. The van der Waals surface area contributed by atoms with Gasteiger partial charge in [-0.15, -0.1) is 0 Å². The zero-order chi connectivity index (χ0) is 22.6. The van der Waals surface area contributed by atoms with Crippen LogP contribution in [0.1, 0.15) is 38.3 Å². The number of carbonyl (C=O) groups is 2. The molecule has 0 radical (unpaired) electrons. The van der Waals surface area contributed by atoms with Crippen LogP contribution in [0.2, 0.25) is 0 Å². The molecule has 1 heterocycles. The third-order valence-corrected chi connectivity index (χ3v) is 6.84. The summed E-state index contributed by atoms with van der Waals surface area (Å²) in [6, 6.07) is 13.3. The van der Waals surface area contributed by atoms with Gasteiger partial charge < -0.3 is 10.2 Å². The highest BCUT2D eigenvalue weighted by Crippen LogP contribution is 2.30. The van der Waals surface area contributed by atoms with E-state index >= 15 is 0 Å². The predicted molar refractivity (Wildman–Crippen MR) is 120 cm³/mol. The number of fused-ring (bicyclic) bond motifs is 1. The molecular formula is C23H29N3O4S. The molecule has 166 valence electrons. The Morgan fingerprint density at radius 2 is 1.81 bits per heavy atom. The van der Waals surface area contributed by atoms with Crippen LogP contribution in [0.3, 0.4) is 0 Å². The van der Waals surface area contributed by atoms with Gasteiger partial charge in [0.25, 0.3) is 0 Å². The highest BCUT2D eigenvalue weighted by atomic mass is 32.2. The molecule has 1 aliphatic heterocycles. The molecule has 0 spiro atoms. The zero-order valence-corrected chi connectivity index (χ0v) is 18.9. The van der Waals surface area contributed by atoms with Crippen LogP contribution < -0.4 is 14.9 Å². The van der Waals surface area contributed by atoms with E-state index in [1.54, 1.807) is 37.8 Å². The van der Waals surface area contributed by atoms with Crippen LogP contribution in [0.5, 0.6) is 0 Å². The van der Waals surface area contributed by atoms with E-state index in [4.69, 9.17) is 0 Å². The SMILES string of the molecule is CCC(=O)N1CCc2cc(S(=O)(=O)N[C@H](C(=O)NCc3ccccc3)C(C)C)ccc21. The summed E-state index contributed by atoms with van der Waals surface area (Å²) >= 11 is 0. The van der Waals surface area contributed by atoms with Crippen molar-refractivity contribution in [1.29, 1.82) is 0 Å². The molecule has 8 heteroatoms. The van der Waals surface area contributed by atoms with Crippen molar-refractivity contribution >= 4 is 27.5 Å². The van der Waals surface area contributed by atoms with E-state index in [9.17, 15) is 18.0 Å². The lowest BCUT2D eigenvalue weighted by molar-refractivity contribution is -0.123. The van der Waals surface area contributed by atoms with Crippen LogP contribution in [0.15, 0.2) is 53.4 Å². The van der Waals surface area contributed by atoms with Gasteiger partial charge in [-0.3, -0.25) is 9.59 Å². The molecule has 31 heavy (non-hydrogen) atoms. The molecule has 3 rings (SSSR count). The highest BCUT2D eigenvalue weighted by Gasteiger charge is 2.30. The number of anilines is 1. The van der Waals surface area contributed by atoms with Crippen LogP contribution in [0, 0.1) is 5.92 Å². The van der Waals surface area contributed by atoms with Gasteiger partial charge in [0.15, 0.2) is 0 Å². The number of nitrogens with zero attached hydrogens (tertiary/aromatic N) is 1. The Bertz CT molecular complexity index is 1050. The van der Waals surface area contributed by atoms with Crippen molar-refractivity contribution in [3.05, 3.63) is 59.7 Å². The first-order valence-electron chi connectivity index (χ1n) is 10.5. The minimum absolute atomic E-state index is 0.0161. The highest BCUT2D eigenvalue weighted by molar-refractivity contribution is 7.89. The van der Waals surface area contributed by atoms with Gasteiger partial charge in [-0.05, 0) is 41.7 Å². The minimum atomic E-state index is -3.91. The molecule has 2 aromatic rings. The van der Waals surface area contributed by atoms with Gasteiger partial charge in [0.2, 0.25) is 21.8 Å². The second-order valence-corrected chi connectivity index (χ2v) is 9.70. The van der Waals surface area contributed by atoms with E-state index in [0.717, 1.165) is 16.8 Å². The molecule has 7 nitrogen and oxygen atoms in total. The maximum Gasteiger partial charge on any atom is 0.241 e. The average Bonchev–Trinajstić information content (AvgIpc) is 3.19. The Hall–Kier alpha value is -2.71. The van der Waals surface area contributed by atoms with Crippen molar-refractivity contribution in [2.45, 2.75) is 51.1 Å². The molecule has 2 N–H and O–H groups in total. The molecule has 2 amide bonds. The van der Waals surface area contributed by atoms with Crippen molar-refractivity contribution in [3.63, 3.8) is 0 Å². The molecule has 0 bridgehead atoms. The van der Waals surface area contributed by atoms with Gasteiger partial charge >= 0.3 is 0 Å². The monoisotopic (exact) mass is 443 g/mol. The van der Waals surface area contributed by atoms with Gasteiger partial charge in [-0.1, -0.05) is 51.1 Å². The minimum Gasteiger partial charge on any atom is -0.351 e. The smallest absolute Gasteiger partial charge is 0.241 e. The predicted octanol–water partition coefficient (Wildman–Crippen LogP) is 2.61. The lowest BCUT2D eigenvalue weighted by Gasteiger charge is -2.22. The molecule has 0 aliphatic carbocycles. The largest absolute Gasteiger partial charge is 0.351 e. The van der Waals surface area contributed by atoms with E-state index in [1.165, 1.54) is 6.07 Å². The van der Waals surface area contributed by atoms with Crippen molar-refractivity contribution in [2.75, 3.05) is 11.4 Å². The second-order valence-electron chi connectivity index (χ2n) is 7.99. The van der Waals surface area contributed by atoms with E-state index in [2.05, 4.69) is 10.0 Å². The molecule has 0 fully saturated rings. The van der Waals surface area contributed by atoms with Crippen LogP contribution >= 0.6 is 0 Å². The molecule has 0 unspecified atom stereocenters. The summed E-state index contributed by atoms with van der Waals surface area (Å²) in [6.07, 6.45) is 1.00. The number of nitrogens with one attached hydrogen (secondary N) is 2. The fraction of sp³-hybridized carbons (Fsp3) is 0.391. The standard InChI is InChI=1S/C23H29N3O4S/c1-4-21(27)26-13-12-18-14-19(10-11-20(18)26)31(29,30)25-22(16(2)3)23(28)24-15-17-8-6-5-7-9-17/h5-11,14,16,22,25H,4,12-13,15H2,1-3H3,(H,24,28)/t22-/m0/s1. The zero-order valence-electron chi connectivity index (χ0n) is 18.1. The molecule has 1 aliphatic rings. The van der Waals surface area contributed by atoms with Gasteiger partial charge in [0.05, 0.1) is 4.90 Å². The first-order valence-corrected chi connectivity index (χ1v) is 12.0.